The molecule has 1 aromatic heterocycles. The van der Waals surface area contributed by atoms with Gasteiger partial charge in [0.2, 0.25) is 5.91 Å². The molecule has 1 aliphatic heterocycles. The molecule has 1 N–H and O–H groups in total. The number of carbonyl (C=O) groups is 1. The number of aryl methyl sites for hydroxylation is 3. The van der Waals surface area contributed by atoms with Crippen molar-refractivity contribution in [1.29, 1.82) is 0 Å². The van der Waals surface area contributed by atoms with Crippen LogP contribution in [-0.2, 0) is 24.2 Å². The molecule has 2 atom stereocenters. The summed E-state index contributed by atoms with van der Waals surface area (Å²) in [6.45, 7) is 10.4. The molecule has 180 valence electrons. The van der Waals surface area contributed by atoms with Crippen LogP contribution in [0.2, 0.25) is 0 Å². The Hall–Kier alpha value is -2.92. The Bertz CT molecular complexity index is 1100. The Balaban J connectivity index is 1.71. The molecule has 0 unspecified atom stereocenters. The highest BCUT2D eigenvalue weighted by molar-refractivity contribution is 5.83. The monoisotopic (exact) mass is 458 g/mol. The number of hydrogen-bond acceptors (Lipinski definition) is 3. The van der Waals surface area contributed by atoms with E-state index in [0.29, 0.717) is 5.92 Å². The van der Waals surface area contributed by atoms with Gasteiger partial charge in [0.15, 0.2) is 0 Å². The van der Waals surface area contributed by atoms with Crippen molar-refractivity contribution < 1.29 is 4.79 Å². The summed E-state index contributed by atoms with van der Waals surface area (Å²) in [5, 5.41) is 7.79. The van der Waals surface area contributed by atoms with Crippen LogP contribution in [0.4, 0.5) is 0 Å². The SMILES string of the molecule is CCn1nc(C)c2c1CCN([C@@H](C(=O)NC)c1ccccc1)[C@@H]2CCc1ccc(C(C)C)cc1. The van der Waals surface area contributed by atoms with Crippen molar-refractivity contribution in [2.45, 2.75) is 71.5 Å². The molecule has 0 saturated heterocycles. The van der Waals surface area contributed by atoms with Gasteiger partial charge in [0.25, 0.3) is 0 Å². The second-order valence-electron chi connectivity index (χ2n) is 9.63. The van der Waals surface area contributed by atoms with Crippen molar-refractivity contribution in [2.75, 3.05) is 13.6 Å². The van der Waals surface area contributed by atoms with Crippen LogP contribution in [0.1, 0.15) is 78.8 Å². The Labute approximate surface area is 204 Å². The average Bonchev–Trinajstić information content (AvgIpc) is 3.19. The Morgan fingerprint density at radius 2 is 1.79 bits per heavy atom. The van der Waals surface area contributed by atoms with Crippen molar-refractivity contribution in [3.8, 4) is 0 Å². The minimum Gasteiger partial charge on any atom is -0.358 e. The van der Waals surface area contributed by atoms with E-state index in [1.54, 1.807) is 7.05 Å². The maximum atomic E-state index is 13.2. The fraction of sp³-hybridized carbons (Fsp3) is 0.448. The maximum Gasteiger partial charge on any atom is 0.241 e. The normalized spacial score (nSPS) is 16.9. The lowest BCUT2D eigenvalue weighted by atomic mass is 9.88. The highest BCUT2D eigenvalue weighted by Crippen LogP contribution is 2.40. The lowest BCUT2D eigenvalue weighted by Crippen LogP contribution is -2.45. The molecule has 34 heavy (non-hydrogen) atoms. The van der Waals surface area contributed by atoms with Gasteiger partial charge in [-0.1, -0.05) is 68.4 Å². The summed E-state index contributed by atoms with van der Waals surface area (Å²) in [4.78, 5) is 15.6. The fourth-order valence-corrected chi connectivity index (χ4v) is 5.42. The van der Waals surface area contributed by atoms with E-state index in [-0.39, 0.29) is 18.0 Å². The van der Waals surface area contributed by atoms with Crippen LogP contribution in [0.25, 0.3) is 0 Å². The fourth-order valence-electron chi connectivity index (χ4n) is 5.42. The van der Waals surface area contributed by atoms with Gasteiger partial charge >= 0.3 is 0 Å². The van der Waals surface area contributed by atoms with Gasteiger partial charge in [0.1, 0.15) is 6.04 Å². The van der Waals surface area contributed by atoms with Gasteiger partial charge in [-0.3, -0.25) is 14.4 Å². The van der Waals surface area contributed by atoms with E-state index in [1.165, 1.54) is 22.4 Å². The first-order chi connectivity index (χ1) is 16.4. The standard InChI is InChI=1S/C29H38N4O/c1-6-33-26-18-19-32(28(29(34)30-5)24-10-8-7-9-11-24)25(27(26)21(4)31-33)17-14-22-12-15-23(16-13-22)20(2)3/h7-13,15-16,20,25,28H,6,14,17-19H2,1-5H3,(H,30,34)/t25-,28-/m1/s1. The summed E-state index contributed by atoms with van der Waals surface area (Å²) >= 11 is 0. The number of hydrogen-bond donors (Lipinski definition) is 1. The number of nitrogens with one attached hydrogen (secondary N) is 1. The van der Waals surface area contributed by atoms with Crippen LogP contribution in [0.15, 0.2) is 54.6 Å². The zero-order valence-electron chi connectivity index (χ0n) is 21.2. The third-order valence-electron chi connectivity index (χ3n) is 7.22. The van der Waals surface area contributed by atoms with Gasteiger partial charge in [0, 0.05) is 43.9 Å². The lowest BCUT2D eigenvalue weighted by Gasteiger charge is -2.41. The summed E-state index contributed by atoms with van der Waals surface area (Å²) < 4.78 is 2.16. The summed E-state index contributed by atoms with van der Waals surface area (Å²) in [5.41, 5.74) is 7.49. The number of rotatable bonds is 8. The largest absolute Gasteiger partial charge is 0.358 e. The number of fused-ring (bicyclic) bond motifs is 1. The van der Waals surface area contributed by atoms with Gasteiger partial charge < -0.3 is 5.32 Å². The van der Waals surface area contributed by atoms with Crippen LogP contribution < -0.4 is 5.32 Å². The van der Waals surface area contributed by atoms with Crippen LogP contribution >= 0.6 is 0 Å². The summed E-state index contributed by atoms with van der Waals surface area (Å²) in [6, 6.07) is 19.0. The van der Waals surface area contributed by atoms with Gasteiger partial charge in [-0.15, -0.1) is 0 Å². The Morgan fingerprint density at radius 1 is 1.09 bits per heavy atom. The van der Waals surface area contributed by atoms with Gasteiger partial charge in [0.05, 0.1) is 5.69 Å². The lowest BCUT2D eigenvalue weighted by molar-refractivity contribution is -0.127. The molecule has 5 nitrogen and oxygen atoms in total. The molecule has 2 aromatic carbocycles. The van der Waals surface area contributed by atoms with Crippen molar-refractivity contribution >= 4 is 5.91 Å². The van der Waals surface area contributed by atoms with E-state index >= 15 is 0 Å². The highest BCUT2D eigenvalue weighted by atomic mass is 16.2. The molecule has 3 aromatic rings. The molecule has 0 bridgehead atoms. The van der Waals surface area contributed by atoms with E-state index in [4.69, 9.17) is 5.10 Å². The zero-order chi connectivity index (χ0) is 24.2. The smallest absolute Gasteiger partial charge is 0.241 e. The second kappa shape index (κ2) is 10.6. The van der Waals surface area contributed by atoms with Crippen LogP contribution in [-0.4, -0.2) is 34.2 Å². The summed E-state index contributed by atoms with van der Waals surface area (Å²) in [6.07, 6.45) is 2.82. The highest BCUT2D eigenvalue weighted by Gasteiger charge is 2.38. The van der Waals surface area contributed by atoms with E-state index in [9.17, 15) is 4.79 Å². The molecule has 4 rings (SSSR count). The molecule has 0 aliphatic carbocycles. The van der Waals surface area contributed by atoms with Crippen molar-refractivity contribution in [3.05, 3.63) is 88.2 Å². The molecule has 1 aliphatic rings. The number of amides is 1. The second-order valence-corrected chi connectivity index (χ2v) is 9.63. The van der Waals surface area contributed by atoms with Gasteiger partial charge in [-0.25, -0.2) is 0 Å². The maximum absolute atomic E-state index is 13.2. The number of carbonyl (C=O) groups excluding carboxylic acids is 1. The summed E-state index contributed by atoms with van der Waals surface area (Å²) in [5.74, 6) is 0.577. The Kier molecular flexibility index (Phi) is 7.52. The Morgan fingerprint density at radius 3 is 2.41 bits per heavy atom. The van der Waals surface area contributed by atoms with Crippen LogP contribution in [0.3, 0.4) is 0 Å². The minimum absolute atomic E-state index is 0.0430. The molecule has 1 amide bonds. The van der Waals surface area contributed by atoms with E-state index in [1.807, 2.05) is 18.2 Å². The van der Waals surface area contributed by atoms with Crippen LogP contribution in [0, 0.1) is 6.92 Å². The van der Waals surface area contributed by atoms with Gasteiger partial charge in [-0.05, 0) is 49.3 Å². The third kappa shape index (κ3) is 4.80. The molecule has 0 radical (unpaired) electrons. The quantitative estimate of drug-likeness (QED) is 0.495. The molecule has 2 heterocycles. The first-order valence-electron chi connectivity index (χ1n) is 12.6. The number of nitrogens with zero attached hydrogens (tertiary/aromatic N) is 3. The predicted octanol–water partition coefficient (Wildman–Crippen LogP) is 5.35. The molecule has 0 spiro atoms. The van der Waals surface area contributed by atoms with Crippen LogP contribution in [0.5, 0.6) is 0 Å². The first kappa shape index (κ1) is 24.2. The predicted molar refractivity (Wildman–Crippen MR) is 138 cm³/mol. The van der Waals surface area contributed by atoms with E-state index in [0.717, 1.165) is 43.6 Å². The number of likely N-dealkylation sites (N-methyl/N-ethyl adjacent to an activating group) is 1. The molecular weight excluding hydrogens is 420 g/mol. The number of benzene rings is 2. The zero-order valence-corrected chi connectivity index (χ0v) is 21.2. The molecule has 0 saturated carbocycles. The van der Waals surface area contributed by atoms with Crippen molar-refractivity contribution in [2.24, 2.45) is 0 Å². The average molecular weight is 459 g/mol. The number of aromatic nitrogens is 2. The van der Waals surface area contributed by atoms with Crippen molar-refractivity contribution in [1.82, 2.24) is 20.0 Å². The minimum atomic E-state index is -0.322. The van der Waals surface area contributed by atoms with Gasteiger partial charge in [-0.2, -0.15) is 5.10 Å². The molecule has 5 heteroatoms. The van der Waals surface area contributed by atoms with Crippen molar-refractivity contribution in [3.63, 3.8) is 0 Å². The molecular formula is C29H38N4O. The third-order valence-corrected chi connectivity index (χ3v) is 7.22. The summed E-state index contributed by atoms with van der Waals surface area (Å²) in [7, 11) is 1.74. The molecule has 0 fully saturated rings. The van der Waals surface area contributed by atoms with E-state index < -0.39 is 0 Å². The first-order valence-corrected chi connectivity index (χ1v) is 12.6. The van der Waals surface area contributed by atoms with E-state index in [2.05, 4.69) is 79.0 Å². The topological polar surface area (TPSA) is 50.2 Å².